The van der Waals surface area contributed by atoms with Crippen LogP contribution in [-0.4, -0.2) is 37.1 Å². The molecule has 0 N–H and O–H groups in total. The van der Waals surface area contributed by atoms with E-state index in [1.165, 1.54) is 0 Å². The highest BCUT2D eigenvalue weighted by molar-refractivity contribution is 5.81. The molecule has 0 bridgehead atoms. The van der Waals surface area contributed by atoms with E-state index in [-0.39, 0.29) is 0 Å². The van der Waals surface area contributed by atoms with Crippen LogP contribution in [0.2, 0.25) is 0 Å². The molecule has 1 amide bonds. The Balaban J connectivity index is 1.55. The number of rotatable bonds is 1. The minimum absolute atomic E-state index is 0.358. The van der Waals surface area contributed by atoms with Gasteiger partial charge in [-0.25, -0.2) is 0 Å². The molecule has 3 heteroatoms. The first-order valence-corrected chi connectivity index (χ1v) is 6.07. The van der Waals surface area contributed by atoms with E-state index in [0.29, 0.717) is 23.2 Å². The van der Waals surface area contributed by atoms with Crippen molar-refractivity contribution in [1.29, 1.82) is 0 Å². The molecule has 3 fully saturated rings. The molecule has 3 rings (SSSR count). The van der Waals surface area contributed by atoms with Crippen molar-refractivity contribution >= 4 is 5.91 Å². The first-order valence-electron chi connectivity index (χ1n) is 6.07. The first kappa shape index (κ1) is 9.64. The van der Waals surface area contributed by atoms with Crippen molar-refractivity contribution in [2.75, 3.05) is 26.3 Å². The van der Waals surface area contributed by atoms with E-state index in [2.05, 4.69) is 11.8 Å². The summed E-state index contributed by atoms with van der Waals surface area (Å²) in [5.74, 6) is 1.41. The number of amides is 1. The van der Waals surface area contributed by atoms with Crippen LogP contribution in [0.3, 0.4) is 0 Å². The predicted octanol–water partition coefficient (Wildman–Crippen LogP) is 1.28. The van der Waals surface area contributed by atoms with Gasteiger partial charge in [0.05, 0.1) is 13.2 Å². The van der Waals surface area contributed by atoms with Crippen LogP contribution in [0.5, 0.6) is 0 Å². The second-order valence-electron chi connectivity index (χ2n) is 5.64. The zero-order valence-electron chi connectivity index (χ0n) is 9.37. The molecule has 1 aliphatic carbocycles. The van der Waals surface area contributed by atoms with Crippen molar-refractivity contribution in [2.45, 2.75) is 26.2 Å². The summed E-state index contributed by atoms with van der Waals surface area (Å²) in [6, 6.07) is 0. The second-order valence-corrected chi connectivity index (χ2v) is 5.64. The average Bonchev–Trinajstić information content (AvgIpc) is 2.92. The lowest BCUT2D eigenvalue weighted by Gasteiger charge is -2.47. The van der Waals surface area contributed by atoms with Gasteiger partial charge in [0, 0.05) is 24.4 Å². The Morgan fingerprint density at radius 2 is 1.93 bits per heavy atom. The highest BCUT2D eigenvalue weighted by Crippen LogP contribution is 2.42. The molecule has 0 unspecified atom stereocenters. The molecule has 0 radical (unpaired) electrons. The summed E-state index contributed by atoms with van der Waals surface area (Å²) >= 11 is 0. The van der Waals surface area contributed by atoms with Gasteiger partial charge in [0.25, 0.3) is 0 Å². The Kier molecular flexibility index (Phi) is 2.06. The minimum Gasteiger partial charge on any atom is -0.380 e. The van der Waals surface area contributed by atoms with Gasteiger partial charge < -0.3 is 9.64 Å². The highest BCUT2D eigenvalue weighted by Gasteiger charge is 2.46. The molecular formula is C12H19NO2. The molecule has 84 valence electrons. The molecule has 2 atom stereocenters. The van der Waals surface area contributed by atoms with Gasteiger partial charge in [-0.3, -0.25) is 4.79 Å². The summed E-state index contributed by atoms with van der Waals surface area (Å²) in [5, 5.41) is 0. The lowest BCUT2D eigenvalue weighted by Crippen LogP contribution is -2.52. The van der Waals surface area contributed by atoms with Crippen LogP contribution >= 0.6 is 0 Å². The predicted molar refractivity (Wildman–Crippen MR) is 56.3 cm³/mol. The molecule has 2 saturated heterocycles. The normalized spacial score (nSPS) is 37.5. The Morgan fingerprint density at radius 3 is 2.33 bits per heavy atom. The molecule has 3 aliphatic rings. The Hall–Kier alpha value is -0.570. The van der Waals surface area contributed by atoms with Crippen molar-refractivity contribution in [2.24, 2.45) is 17.3 Å². The van der Waals surface area contributed by atoms with E-state index < -0.39 is 0 Å². The number of hydrogen-bond acceptors (Lipinski definition) is 2. The van der Waals surface area contributed by atoms with Gasteiger partial charge >= 0.3 is 0 Å². The van der Waals surface area contributed by atoms with E-state index in [9.17, 15) is 4.79 Å². The standard InChI is InChI=1S/C12H19NO2/c1-9-6-10(9)11(14)13-4-2-12(3-5-13)7-15-8-12/h9-10H,2-8H2,1H3/t9-,10-/m0/s1. The highest BCUT2D eigenvalue weighted by atomic mass is 16.5. The van der Waals surface area contributed by atoms with Gasteiger partial charge in [-0.1, -0.05) is 6.92 Å². The number of carbonyl (C=O) groups is 1. The SMILES string of the molecule is C[C@H]1C[C@@H]1C(=O)N1CCC2(CC1)COC2. The lowest BCUT2D eigenvalue weighted by molar-refractivity contribution is -0.154. The van der Waals surface area contributed by atoms with Crippen LogP contribution in [0, 0.1) is 17.3 Å². The van der Waals surface area contributed by atoms with E-state index >= 15 is 0 Å². The number of ether oxygens (including phenoxy) is 1. The maximum absolute atomic E-state index is 12.0. The van der Waals surface area contributed by atoms with Crippen LogP contribution in [-0.2, 0) is 9.53 Å². The number of carbonyl (C=O) groups excluding carboxylic acids is 1. The third-order valence-corrected chi connectivity index (χ3v) is 4.38. The first-order chi connectivity index (χ1) is 7.20. The largest absolute Gasteiger partial charge is 0.380 e. The van der Waals surface area contributed by atoms with Crippen LogP contribution in [0.1, 0.15) is 26.2 Å². The number of hydrogen-bond donors (Lipinski definition) is 0. The van der Waals surface area contributed by atoms with Crippen molar-refractivity contribution in [1.82, 2.24) is 4.90 Å². The van der Waals surface area contributed by atoms with Gasteiger partial charge in [-0.05, 0) is 25.2 Å². The minimum atomic E-state index is 0.358. The summed E-state index contributed by atoms with van der Waals surface area (Å²) in [4.78, 5) is 14.1. The number of nitrogens with zero attached hydrogens (tertiary/aromatic N) is 1. The van der Waals surface area contributed by atoms with Crippen molar-refractivity contribution in [3.63, 3.8) is 0 Å². The summed E-state index contributed by atoms with van der Waals surface area (Å²) in [6.07, 6.45) is 3.42. The summed E-state index contributed by atoms with van der Waals surface area (Å²) in [5.41, 5.74) is 0.450. The van der Waals surface area contributed by atoms with Crippen molar-refractivity contribution in [3.05, 3.63) is 0 Å². The average molecular weight is 209 g/mol. The van der Waals surface area contributed by atoms with E-state index in [4.69, 9.17) is 4.74 Å². The third-order valence-electron chi connectivity index (χ3n) is 4.38. The van der Waals surface area contributed by atoms with Crippen molar-refractivity contribution in [3.8, 4) is 0 Å². The summed E-state index contributed by atoms with van der Waals surface area (Å²) in [7, 11) is 0. The Bertz CT molecular complexity index is 275. The molecular weight excluding hydrogens is 190 g/mol. The van der Waals surface area contributed by atoms with Crippen LogP contribution in [0.4, 0.5) is 0 Å². The number of likely N-dealkylation sites (tertiary alicyclic amines) is 1. The van der Waals surface area contributed by atoms with Crippen LogP contribution in [0.25, 0.3) is 0 Å². The summed E-state index contributed by atoms with van der Waals surface area (Å²) < 4.78 is 5.28. The number of piperidine rings is 1. The molecule has 0 aromatic heterocycles. The third kappa shape index (κ3) is 1.57. The maximum atomic E-state index is 12.0. The molecule has 15 heavy (non-hydrogen) atoms. The molecule has 0 aromatic rings. The fraction of sp³-hybridized carbons (Fsp3) is 0.917. The van der Waals surface area contributed by atoms with Crippen LogP contribution in [0.15, 0.2) is 0 Å². The second kappa shape index (κ2) is 3.21. The van der Waals surface area contributed by atoms with Crippen molar-refractivity contribution < 1.29 is 9.53 Å². The zero-order valence-corrected chi connectivity index (χ0v) is 9.37. The van der Waals surface area contributed by atoms with Gasteiger partial charge in [-0.2, -0.15) is 0 Å². The molecule has 1 saturated carbocycles. The Labute approximate surface area is 90.8 Å². The molecule has 2 aliphatic heterocycles. The molecule has 3 nitrogen and oxygen atoms in total. The molecule has 1 spiro atoms. The van der Waals surface area contributed by atoms with E-state index in [1.807, 2.05) is 0 Å². The Morgan fingerprint density at radius 1 is 1.33 bits per heavy atom. The molecule has 0 aromatic carbocycles. The fourth-order valence-corrected chi connectivity index (χ4v) is 2.78. The smallest absolute Gasteiger partial charge is 0.225 e. The van der Waals surface area contributed by atoms with E-state index in [1.54, 1.807) is 0 Å². The maximum Gasteiger partial charge on any atom is 0.225 e. The van der Waals surface area contributed by atoms with Gasteiger partial charge in [-0.15, -0.1) is 0 Å². The summed E-state index contributed by atoms with van der Waals surface area (Å²) in [6.45, 7) is 5.95. The topological polar surface area (TPSA) is 29.5 Å². The quantitative estimate of drug-likeness (QED) is 0.651. The van der Waals surface area contributed by atoms with Gasteiger partial charge in [0.1, 0.15) is 0 Å². The lowest BCUT2D eigenvalue weighted by atomic mass is 9.77. The van der Waals surface area contributed by atoms with Gasteiger partial charge in [0.2, 0.25) is 5.91 Å². The zero-order chi connectivity index (χ0) is 10.5. The van der Waals surface area contributed by atoms with E-state index in [0.717, 1.165) is 45.6 Å². The fourth-order valence-electron chi connectivity index (χ4n) is 2.78. The molecule has 2 heterocycles. The monoisotopic (exact) mass is 209 g/mol. The van der Waals surface area contributed by atoms with Gasteiger partial charge in [0.15, 0.2) is 0 Å². The van der Waals surface area contributed by atoms with Crippen LogP contribution < -0.4 is 0 Å².